The first kappa shape index (κ1) is 12.4. The summed E-state index contributed by atoms with van der Waals surface area (Å²) in [5, 5.41) is 2.27. The molecule has 4 nitrogen and oxygen atoms in total. The summed E-state index contributed by atoms with van der Waals surface area (Å²) in [4.78, 5) is 23.8. The first-order valence-corrected chi connectivity index (χ1v) is 5.13. The molecule has 0 atom stereocenters. The molecule has 18 heavy (non-hydrogen) atoms. The van der Waals surface area contributed by atoms with Gasteiger partial charge in [0.1, 0.15) is 6.54 Å². The van der Waals surface area contributed by atoms with Crippen molar-refractivity contribution >= 4 is 17.5 Å². The number of nitrogens with zero attached hydrogens (tertiary/aromatic N) is 1. The van der Waals surface area contributed by atoms with Gasteiger partial charge in [-0.05, 0) is 12.1 Å². The van der Waals surface area contributed by atoms with Crippen LogP contribution in [0.2, 0.25) is 0 Å². The number of para-hydroxylation sites is 1. The summed E-state index contributed by atoms with van der Waals surface area (Å²) >= 11 is 0. The van der Waals surface area contributed by atoms with Crippen molar-refractivity contribution in [2.24, 2.45) is 0 Å². The number of fused-ring (bicyclic) bond motifs is 1. The molecule has 0 bridgehead atoms. The quantitative estimate of drug-likeness (QED) is 0.826. The Morgan fingerprint density at radius 3 is 2.56 bits per heavy atom. The van der Waals surface area contributed by atoms with Crippen molar-refractivity contribution in [2.45, 2.75) is 6.18 Å². The standard InChI is InChI=1S/C11H9F3N2O2/c12-11(13,14)6-16-8-4-2-1-3-7(8)10(18)15-5-9(16)17/h1-4H,5-6H2,(H,15,18). The van der Waals surface area contributed by atoms with Crippen LogP contribution in [0.5, 0.6) is 0 Å². The molecule has 1 aliphatic rings. The molecular weight excluding hydrogens is 249 g/mol. The van der Waals surface area contributed by atoms with Crippen LogP contribution in [0.3, 0.4) is 0 Å². The summed E-state index contributed by atoms with van der Waals surface area (Å²) < 4.78 is 37.3. The molecule has 0 aliphatic carbocycles. The fraction of sp³-hybridized carbons (Fsp3) is 0.273. The van der Waals surface area contributed by atoms with Crippen LogP contribution in [0, 0.1) is 0 Å². The van der Waals surface area contributed by atoms with E-state index in [2.05, 4.69) is 5.32 Å². The Labute approximate surface area is 100 Å². The van der Waals surface area contributed by atoms with Crippen molar-refractivity contribution in [3.8, 4) is 0 Å². The van der Waals surface area contributed by atoms with Crippen LogP contribution in [-0.2, 0) is 4.79 Å². The van der Waals surface area contributed by atoms with E-state index < -0.39 is 31.1 Å². The van der Waals surface area contributed by atoms with Gasteiger partial charge in [0.25, 0.3) is 5.91 Å². The van der Waals surface area contributed by atoms with Gasteiger partial charge in [0.05, 0.1) is 17.8 Å². The van der Waals surface area contributed by atoms with E-state index in [0.29, 0.717) is 4.90 Å². The minimum atomic E-state index is -4.52. The number of anilines is 1. The fourth-order valence-corrected chi connectivity index (χ4v) is 1.73. The van der Waals surface area contributed by atoms with E-state index in [9.17, 15) is 22.8 Å². The van der Waals surface area contributed by atoms with Crippen molar-refractivity contribution in [3.63, 3.8) is 0 Å². The van der Waals surface area contributed by atoms with Crippen LogP contribution in [-0.4, -0.2) is 31.1 Å². The third-order valence-corrected chi connectivity index (χ3v) is 2.48. The fourth-order valence-electron chi connectivity index (χ4n) is 1.73. The molecule has 2 rings (SSSR count). The largest absolute Gasteiger partial charge is 0.406 e. The van der Waals surface area contributed by atoms with Crippen LogP contribution in [0.15, 0.2) is 24.3 Å². The molecule has 0 saturated heterocycles. The van der Waals surface area contributed by atoms with Gasteiger partial charge in [-0.15, -0.1) is 0 Å². The zero-order valence-corrected chi connectivity index (χ0v) is 9.12. The molecule has 1 aromatic carbocycles. The number of amides is 2. The predicted molar refractivity (Wildman–Crippen MR) is 57.2 cm³/mol. The van der Waals surface area contributed by atoms with Gasteiger partial charge in [0.15, 0.2) is 0 Å². The topological polar surface area (TPSA) is 49.4 Å². The number of halogens is 3. The Bertz CT molecular complexity index is 499. The Morgan fingerprint density at radius 2 is 1.89 bits per heavy atom. The normalized spacial score (nSPS) is 16.1. The summed E-state index contributed by atoms with van der Waals surface area (Å²) in [6, 6.07) is 5.71. The van der Waals surface area contributed by atoms with E-state index in [4.69, 9.17) is 0 Å². The monoisotopic (exact) mass is 258 g/mol. The van der Waals surface area contributed by atoms with Crippen LogP contribution >= 0.6 is 0 Å². The molecule has 1 aliphatic heterocycles. The lowest BCUT2D eigenvalue weighted by Gasteiger charge is -2.23. The van der Waals surface area contributed by atoms with Gasteiger partial charge in [-0.25, -0.2) is 0 Å². The zero-order valence-electron chi connectivity index (χ0n) is 9.12. The molecule has 96 valence electrons. The van der Waals surface area contributed by atoms with Gasteiger partial charge < -0.3 is 10.2 Å². The Kier molecular flexibility index (Phi) is 2.98. The zero-order chi connectivity index (χ0) is 13.3. The van der Waals surface area contributed by atoms with E-state index in [0.717, 1.165) is 0 Å². The summed E-state index contributed by atoms with van der Waals surface area (Å²) in [7, 11) is 0. The first-order valence-electron chi connectivity index (χ1n) is 5.13. The molecule has 0 unspecified atom stereocenters. The molecule has 7 heteroatoms. The van der Waals surface area contributed by atoms with Crippen molar-refractivity contribution in [2.75, 3.05) is 18.0 Å². The molecule has 0 radical (unpaired) electrons. The van der Waals surface area contributed by atoms with Crippen LogP contribution < -0.4 is 10.2 Å². The number of nitrogens with one attached hydrogen (secondary N) is 1. The van der Waals surface area contributed by atoms with Crippen LogP contribution in [0.4, 0.5) is 18.9 Å². The SMILES string of the molecule is O=C1NCC(=O)N(CC(F)(F)F)c2ccccc21. The van der Waals surface area contributed by atoms with Gasteiger partial charge in [0, 0.05) is 0 Å². The highest BCUT2D eigenvalue weighted by Gasteiger charge is 2.36. The van der Waals surface area contributed by atoms with E-state index in [-0.39, 0.29) is 11.3 Å². The molecule has 0 saturated carbocycles. The minimum Gasteiger partial charge on any atom is -0.343 e. The highest BCUT2D eigenvalue weighted by atomic mass is 19.4. The minimum absolute atomic E-state index is 0.0187. The predicted octanol–water partition coefficient (Wildman–Crippen LogP) is 1.33. The number of rotatable bonds is 1. The van der Waals surface area contributed by atoms with Gasteiger partial charge in [-0.2, -0.15) is 13.2 Å². The first-order chi connectivity index (χ1) is 8.38. The molecule has 1 N–H and O–H groups in total. The number of benzene rings is 1. The third kappa shape index (κ3) is 2.44. The van der Waals surface area contributed by atoms with E-state index >= 15 is 0 Å². The summed E-state index contributed by atoms with van der Waals surface area (Å²) in [6.45, 7) is -1.85. The van der Waals surface area contributed by atoms with Crippen LogP contribution in [0.1, 0.15) is 10.4 Å². The molecule has 1 heterocycles. The summed E-state index contributed by atoms with van der Waals surface area (Å²) in [6.07, 6.45) is -4.52. The van der Waals surface area contributed by atoms with Gasteiger partial charge in [0.2, 0.25) is 5.91 Å². The maximum absolute atomic E-state index is 12.4. The third-order valence-electron chi connectivity index (χ3n) is 2.48. The lowest BCUT2D eigenvalue weighted by molar-refractivity contribution is -0.131. The number of carbonyl (C=O) groups is 2. The van der Waals surface area contributed by atoms with Crippen LogP contribution in [0.25, 0.3) is 0 Å². The molecule has 0 spiro atoms. The number of carbonyl (C=O) groups excluding carboxylic acids is 2. The van der Waals surface area contributed by atoms with Crippen molar-refractivity contribution in [1.82, 2.24) is 5.32 Å². The smallest absolute Gasteiger partial charge is 0.343 e. The lowest BCUT2D eigenvalue weighted by atomic mass is 10.1. The van der Waals surface area contributed by atoms with Crippen molar-refractivity contribution in [1.29, 1.82) is 0 Å². The number of hydrogen-bond acceptors (Lipinski definition) is 2. The molecule has 0 fully saturated rings. The highest BCUT2D eigenvalue weighted by molar-refractivity contribution is 6.09. The number of alkyl halides is 3. The Hall–Kier alpha value is -2.05. The number of hydrogen-bond donors (Lipinski definition) is 1. The lowest BCUT2D eigenvalue weighted by Crippen LogP contribution is -2.42. The summed E-state index contributed by atoms with van der Waals surface area (Å²) in [5.41, 5.74) is 0.0439. The highest BCUT2D eigenvalue weighted by Crippen LogP contribution is 2.26. The van der Waals surface area contributed by atoms with E-state index in [1.165, 1.54) is 24.3 Å². The second-order valence-electron chi connectivity index (χ2n) is 3.79. The Balaban J connectivity index is 2.46. The van der Waals surface area contributed by atoms with Gasteiger partial charge in [-0.3, -0.25) is 9.59 Å². The maximum Gasteiger partial charge on any atom is 0.406 e. The average Bonchev–Trinajstić information content (AvgIpc) is 2.41. The Morgan fingerprint density at radius 1 is 1.22 bits per heavy atom. The second-order valence-corrected chi connectivity index (χ2v) is 3.79. The molecule has 0 aromatic heterocycles. The average molecular weight is 258 g/mol. The summed E-state index contributed by atoms with van der Waals surface area (Å²) in [5.74, 6) is -1.34. The molecular formula is C11H9F3N2O2. The molecule has 2 amide bonds. The van der Waals surface area contributed by atoms with E-state index in [1.54, 1.807) is 0 Å². The second kappa shape index (κ2) is 4.32. The molecule has 1 aromatic rings. The maximum atomic E-state index is 12.4. The van der Waals surface area contributed by atoms with E-state index in [1.807, 2.05) is 0 Å². The van der Waals surface area contributed by atoms with Gasteiger partial charge >= 0.3 is 6.18 Å². The van der Waals surface area contributed by atoms with Crippen molar-refractivity contribution in [3.05, 3.63) is 29.8 Å². The van der Waals surface area contributed by atoms with Crippen molar-refractivity contribution < 1.29 is 22.8 Å². The van der Waals surface area contributed by atoms with Gasteiger partial charge in [-0.1, -0.05) is 12.1 Å².